The van der Waals surface area contributed by atoms with Crippen molar-refractivity contribution in [3.05, 3.63) is 71.8 Å². The molecule has 2 heterocycles. The summed E-state index contributed by atoms with van der Waals surface area (Å²) in [4.78, 5) is 41.0. The highest BCUT2D eigenvalue weighted by atomic mass is 16.7. The molecule has 1 atom stereocenters. The van der Waals surface area contributed by atoms with Crippen LogP contribution in [0.4, 0.5) is 0 Å². The molecule has 166 valence electrons. The van der Waals surface area contributed by atoms with Gasteiger partial charge in [-0.25, -0.2) is 0 Å². The van der Waals surface area contributed by atoms with Crippen molar-refractivity contribution in [3.63, 3.8) is 0 Å². The predicted octanol–water partition coefficient (Wildman–Crippen LogP) is 2.91. The maximum absolute atomic E-state index is 13.5. The van der Waals surface area contributed by atoms with Crippen molar-refractivity contribution in [2.24, 2.45) is 5.92 Å². The summed E-state index contributed by atoms with van der Waals surface area (Å²) in [6.45, 7) is 3.92. The summed E-state index contributed by atoms with van der Waals surface area (Å²) >= 11 is 0. The van der Waals surface area contributed by atoms with Crippen LogP contribution in [0.2, 0.25) is 0 Å². The van der Waals surface area contributed by atoms with Gasteiger partial charge in [0.25, 0.3) is 11.8 Å². The fourth-order valence-corrected chi connectivity index (χ4v) is 4.10. The van der Waals surface area contributed by atoms with Crippen molar-refractivity contribution < 1.29 is 28.6 Å². The van der Waals surface area contributed by atoms with E-state index in [1.54, 1.807) is 38.1 Å². The van der Waals surface area contributed by atoms with Crippen LogP contribution in [0.25, 0.3) is 11.1 Å². The normalized spacial score (nSPS) is 18.9. The largest absolute Gasteiger partial charge is 0.466 e. The van der Waals surface area contributed by atoms with Gasteiger partial charge in [0, 0.05) is 6.54 Å². The highest BCUT2D eigenvalue weighted by molar-refractivity contribution is 6.49. The molecule has 32 heavy (non-hydrogen) atoms. The first-order chi connectivity index (χ1) is 15.5. The van der Waals surface area contributed by atoms with E-state index >= 15 is 0 Å². The van der Waals surface area contributed by atoms with E-state index in [1.165, 1.54) is 0 Å². The van der Waals surface area contributed by atoms with Gasteiger partial charge in [0.2, 0.25) is 0 Å². The molecular weight excluding hydrogens is 410 g/mol. The number of carbonyl (C=O) groups is 3. The fraction of sp³-hybridized carbons (Fsp3) is 0.320. The highest BCUT2D eigenvalue weighted by Gasteiger charge is 2.49. The minimum absolute atomic E-state index is 0.163. The summed E-state index contributed by atoms with van der Waals surface area (Å²) in [6, 6.07) is 18.1. The Hall–Kier alpha value is -3.29. The maximum atomic E-state index is 13.5. The van der Waals surface area contributed by atoms with Crippen LogP contribution in [0.1, 0.15) is 25.0 Å². The molecule has 7 nitrogen and oxygen atoms in total. The summed E-state index contributed by atoms with van der Waals surface area (Å²) in [5.74, 6) is -3.77. The first kappa shape index (κ1) is 21.9. The van der Waals surface area contributed by atoms with Gasteiger partial charge in [-0.1, -0.05) is 60.7 Å². The van der Waals surface area contributed by atoms with E-state index in [0.717, 1.165) is 4.90 Å². The Morgan fingerprint density at radius 2 is 1.41 bits per heavy atom. The number of esters is 1. The van der Waals surface area contributed by atoms with Crippen molar-refractivity contribution in [2.45, 2.75) is 19.6 Å². The van der Waals surface area contributed by atoms with Crippen LogP contribution in [0.15, 0.2) is 60.7 Å². The van der Waals surface area contributed by atoms with Gasteiger partial charge in [-0.3, -0.25) is 19.3 Å². The van der Waals surface area contributed by atoms with Crippen molar-refractivity contribution in [1.29, 1.82) is 0 Å². The van der Waals surface area contributed by atoms with Gasteiger partial charge in [0.1, 0.15) is 5.92 Å². The molecule has 0 bridgehead atoms. The van der Waals surface area contributed by atoms with E-state index in [-0.39, 0.29) is 13.2 Å². The summed E-state index contributed by atoms with van der Waals surface area (Å²) in [7, 11) is 0. The molecule has 2 aliphatic heterocycles. The second kappa shape index (κ2) is 9.06. The molecule has 7 heteroatoms. The molecule has 0 aromatic heterocycles. The van der Waals surface area contributed by atoms with E-state index in [0.29, 0.717) is 35.5 Å². The SMILES string of the molecule is CCOC(=O)C(CN1C(=O)C(c2ccccc2)=C(c2ccccc2)C1=O)C1(C)OCCO1. The number of carbonyl (C=O) groups excluding carboxylic acids is 3. The Balaban J connectivity index is 1.74. The van der Waals surface area contributed by atoms with Gasteiger partial charge in [0.15, 0.2) is 5.79 Å². The first-order valence-electron chi connectivity index (χ1n) is 10.6. The van der Waals surface area contributed by atoms with Gasteiger partial charge in [-0.2, -0.15) is 0 Å². The molecule has 2 aromatic carbocycles. The van der Waals surface area contributed by atoms with Crippen molar-refractivity contribution >= 4 is 28.9 Å². The standard InChI is InChI=1S/C25H25NO6/c1-3-30-24(29)19(25(2)31-14-15-32-25)16-26-22(27)20(17-10-6-4-7-11-17)21(23(26)28)18-12-8-5-9-13-18/h4-13,19H,3,14-16H2,1-2H3. The molecule has 0 radical (unpaired) electrons. The molecular formula is C25H25NO6. The summed E-state index contributed by atoms with van der Waals surface area (Å²) in [5.41, 5.74) is 1.89. The smallest absolute Gasteiger partial charge is 0.316 e. The molecule has 4 rings (SSSR count). The number of hydrogen-bond donors (Lipinski definition) is 0. The van der Waals surface area contributed by atoms with Crippen LogP contribution in [0.5, 0.6) is 0 Å². The molecule has 2 aromatic rings. The Morgan fingerprint density at radius 1 is 0.938 bits per heavy atom. The molecule has 0 N–H and O–H groups in total. The van der Waals surface area contributed by atoms with Crippen LogP contribution in [0.3, 0.4) is 0 Å². The number of rotatable bonds is 7. The molecule has 2 aliphatic rings. The second-order valence-electron chi connectivity index (χ2n) is 7.72. The van der Waals surface area contributed by atoms with Crippen molar-refractivity contribution in [1.82, 2.24) is 4.90 Å². The minimum Gasteiger partial charge on any atom is -0.466 e. The Labute approximate surface area is 186 Å². The summed E-state index contributed by atoms with van der Waals surface area (Å²) < 4.78 is 16.6. The summed E-state index contributed by atoms with van der Waals surface area (Å²) in [5, 5.41) is 0. The average molecular weight is 435 g/mol. The van der Waals surface area contributed by atoms with E-state index in [2.05, 4.69) is 0 Å². The lowest BCUT2D eigenvalue weighted by atomic mass is 9.96. The lowest BCUT2D eigenvalue weighted by Crippen LogP contribution is -2.49. The van der Waals surface area contributed by atoms with Crippen molar-refractivity contribution in [2.75, 3.05) is 26.4 Å². The number of amides is 2. The third-order valence-corrected chi connectivity index (χ3v) is 5.72. The van der Waals surface area contributed by atoms with Gasteiger partial charge in [0.05, 0.1) is 31.0 Å². The Kier molecular flexibility index (Phi) is 6.21. The number of imide groups is 1. The molecule has 0 saturated carbocycles. The van der Waals surface area contributed by atoms with Gasteiger partial charge >= 0.3 is 5.97 Å². The van der Waals surface area contributed by atoms with Crippen LogP contribution in [-0.4, -0.2) is 54.8 Å². The average Bonchev–Trinajstić information content (AvgIpc) is 3.35. The quantitative estimate of drug-likeness (QED) is 0.491. The van der Waals surface area contributed by atoms with Gasteiger partial charge < -0.3 is 14.2 Å². The third-order valence-electron chi connectivity index (χ3n) is 5.72. The topological polar surface area (TPSA) is 82.1 Å². The zero-order valence-electron chi connectivity index (χ0n) is 18.1. The van der Waals surface area contributed by atoms with Crippen LogP contribution in [-0.2, 0) is 28.6 Å². The minimum atomic E-state index is -1.28. The third kappa shape index (κ3) is 3.97. The number of benzene rings is 2. The van der Waals surface area contributed by atoms with Gasteiger partial charge in [-0.05, 0) is 25.0 Å². The second-order valence-corrected chi connectivity index (χ2v) is 7.72. The molecule has 2 amide bonds. The summed E-state index contributed by atoms with van der Waals surface area (Å²) in [6.07, 6.45) is 0. The van der Waals surface area contributed by atoms with E-state index in [4.69, 9.17) is 14.2 Å². The van der Waals surface area contributed by atoms with E-state index in [9.17, 15) is 14.4 Å². The number of ether oxygens (including phenoxy) is 3. The fourth-order valence-electron chi connectivity index (χ4n) is 4.10. The molecule has 1 fully saturated rings. The van der Waals surface area contributed by atoms with E-state index < -0.39 is 29.5 Å². The van der Waals surface area contributed by atoms with E-state index in [1.807, 2.05) is 36.4 Å². The molecule has 0 spiro atoms. The molecule has 1 unspecified atom stereocenters. The zero-order chi connectivity index (χ0) is 22.7. The van der Waals surface area contributed by atoms with Crippen LogP contribution in [0, 0.1) is 5.92 Å². The maximum Gasteiger partial charge on any atom is 0.316 e. The zero-order valence-corrected chi connectivity index (χ0v) is 18.1. The monoisotopic (exact) mass is 435 g/mol. The van der Waals surface area contributed by atoms with Crippen molar-refractivity contribution in [3.8, 4) is 0 Å². The molecule has 0 aliphatic carbocycles. The molecule has 1 saturated heterocycles. The highest BCUT2D eigenvalue weighted by Crippen LogP contribution is 2.38. The Bertz CT molecular complexity index is 979. The first-order valence-corrected chi connectivity index (χ1v) is 10.6. The Morgan fingerprint density at radius 3 is 1.84 bits per heavy atom. The van der Waals surface area contributed by atoms with Crippen LogP contribution >= 0.6 is 0 Å². The predicted molar refractivity (Wildman–Crippen MR) is 117 cm³/mol. The number of hydrogen-bond acceptors (Lipinski definition) is 6. The van der Waals surface area contributed by atoms with Gasteiger partial charge in [-0.15, -0.1) is 0 Å². The lowest BCUT2D eigenvalue weighted by molar-refractivity contribution is -0.202. The lowest BCUT2D eigenvalue weighted by Gasteiger charge is -2.32. The number of nitrogens with zero attached hydrogens (tertiary/aromatic N) is 1. The van der Waals surface area contributed by atoms with Crippen LogP contribution < -0.4 is 0 Å².